The van der Waals surface area contributed by atoms with Gasteiger partial charge in [-0.05, 0) is 5.92 Å². The molecule has 0 aliphatic heterocycles. The fourth-order valence-corrected chi connectivity index (χ4v) is 1.49. The quantitative estimate of drug-likeness (QED) is 0.760. The van der Waals surface area contributed by atoms with Crippen molar-refractivity contribution in [3.8, 4) is 0 Å². The Morgan fingerprint density at radius 2 is 2.24 bits per heavy atom. The van der Waals surface area contributed by atoms with Crippen molar-refractivity contribution in [1.29, 1.82) is 0 Å². The number of nitrogens with one attached hydrogen (secondary N) is 1. The molecule has 0 fully saturated rings. The number of Topliss-reactive ketones (excluding diaryl/α,β-unsaturated/α-hetero) is 1. The largest absolute Gasteiger partial charge is 0.290 e. The average Bonchev–Trinajstić information content (AvgIpc) is 2.89. The number of carbonyl (C=O) groups is 1. The summed E-state index contributed by atoms with van der Waals surface area (Å²) in [5.41, 5.74) is 0. The van der Waals surface area contributed by atoms with Crippen molar-refractivity contribution in [2.24, 2.45) is 5.92 Å². The summed E-state index contributed by atoms with van der Waals surface area (Å²) in [6.07, 6.45) is 2.96. The Morgan fingerprint density at radius 1 is 1.41 bits per heavy atom. The fourth-order valence-electron chi connectivity index (χ4n) is 1.49. The van der Waals surface area contributed by atoms with E-state index in [0.29, 0.717) is 11.7 Å². The van der Waals surface area contributed by atoms with Gasteiger partial charge in [0.2, 0.25) is 5.78 Å². The highest BCUT2D eigenvalue weighted by molar-refractivity contribution is 5.93. The molecule has 1 N–H and O–H groups in total. The molecular formula is C10H14N6O. The lowest BCUT2D eigenvalue weighted by Crippen LogP contribution is -2.15. The molecule has 0 saturated heterocycles. The first-order chi connectivity index (χ1) is 8.16. The Labute approximate surface area is 98.3 Å². The van der Waals surface area contributed by atoms with Crippen LogP contribution >= 0.6 is 0 Å². The molecule has 7 nitrogen and oxygen atoms in total. The summed E-state index contributed by atoms with van der Waals surface area (Å²) in [6, 6.07) is 0. The molecule has 2 aromatic rings. The molecule has 2 rings (SSSR count). The maximum absolute atomic E-state index is 11.8. The Balaban J connectivity index is 2.08. The van der Waals surface area contributed by atoms with E-state index in [1.807, 2.05) is 0 Å². The van der Waals surface area contributed by atoms with E-state index in [-0.39, 0.29) is 18.0 Å². The van der Waals surface area contributed by atoms with Crippen LogP contribution in [-0.2, 0) is 13.0 Å². The Hall–Kier alpha value is -2.05. The maximum atomic E-state index is 11.8. The van der Waals surface area contributed by atoms with Gasteiger partial charge in [-0.1, -0.05) is 13.8 Å². The van der Waals surface area contributed by atoms with Crippen molar-refractivity contribution in [1.82, 2.24) is 29.9 Å². The second-order valence-corrected chi connectivity index (χ2v) is 4.19. The molecule has 0 radical (unpaired) electrons. The second-order valence-electron chi connectivity index (χ2n) is 4.19. The van der Waals surface area contributed by atoms with Gasteiger partial charge < -0.3 is 0 Å². The van der Waals surface area contributed by atoms with Crippen molar-refractivity contribution in [2.45, 2.75) is 26.8 Å². The summed E-state index contributed by atoms with van der Waals surface area (Å²) in [6.45, 7) is 4.92. The average molecular weight is 234 g/mol. The highest BCUT2D eigenvalue weighted by Crippen LogP contribution is 2.04. The SMILES string of the molecule is CC(C)Cn1ncnc1CC(=O)c1ncn[nH]1. The van der Waals surface area contributed by atoms with Gasteiger partial charge in [-0.15, -0.1) is 0 Å². The van der Waals surface area contributed by atoms with Crippen LogP contribution < -0.4 is 0 Å². The Bertz CT molecular complexity index is 487. The number of nitrogens with zero attached hydrogens (tertiary/aromatic N) is 5. The zero-order valence-corrected chi connectivity index (χ0v) is 9.79. The fraction of sp³-hybridized carbons (Fsp3) is 0.500. The predicted octanol–water partition coefficient (Wildman–Crippen LogP) is 0.478. The third-order valence-corrected chi connectivity index (χ3v) is 2.23. The van der Waals surface area contributed by atoms with Crippen molar-refractivity contribution in [3.63, 3.8) is 0 Å². The zero-order chi connectivity index (χ0) is 12.3. The number of rotatable bonds is 5. The van der Waals surface area contributed by atoms with Crippen LogP contribution in [0, 0.1) is 5.92 Å². The van der Waals surface area contributed by atoms with Gasteiger partial charge in [0.1, 0.15) is 18.5 Å². The first-order valence-corrected chi connectivity index (χ1v) is 5.42. The zero-order valence-electron chi connectivity index (χ0n) is 9.79. The van der Waals surface area contributed by atoms with Gasteiger partial charge in [-0.3, -0.25) is 9.89 Å². The van der Waals surface area contributed by atoms with Gasteiger partial charge in [0.05, 0.1) is 6.42 Å². The lowest BCUT2D eigenvalue weighted by atomic mass is 10.2. The first-order valence-electron chi connectivity index (χ1n) is 5.42. The van der Waals surface area contributed by atoms with Crippen LogP contribution in [0.2, 0.25) is 0 Å². The molecule has 0 saturated carbocycles. The lowest BCUT2D eigenvalue weighted by molar-refractivity contribution is 0.0979. The number of carbonyl (C=O) groups excluding carboxylic acids is 1. The van der Waals surface area contributed by atoms with Crippen LogP contribution in [0.1, 0.15) is 30.3 Å². The molecule has 0 bridgehead atoms. The normalized spacial score (nSPS) is 11.0. The van der Waals surface area contributed by atoms with Crippen LogP contribution in [0.25, 0.3) is 0 Å². The standard InChI is InChI=1S/C10H14N6O/c1-7(2)4-16-9(11-6-14-16)3-8(17)10-12-5-13-15-10/h5-7H,3-4H2,1-2H3,(H,12,13,15). The summed E-state index contributed by atoms with van der Waals surface area (Å²) < 4.78 is 1.75. The molecule has 7 heteroatoms. The van der Waals surface area contributed by atoms with Gasteiger partial charge in [0.15, 0.2) is 5.82 Å². The number of ketones is 1. The van der Waals surface area contributed by atoms with E-state index in [1.54, 1.807) is 4.68 Å². The molecule has 0 unspecified atom stereocenters. The number of aromatic amines is 1. The number of aromatic nitrogens is 6. The van der Waals surface area contributed by atoms with Crippen LogP contribution in [0.4, 0.5) is 0 Å². The molecule has 2 aromatic heterocycles. The summed E-state index contributed by atoms with van der Waals surface area (Å²) in [5.74, 6) is 1.22. The van der Waals surface area contributed by atoms with E-state index < -0.39 is 0 Å². The molecule has 90 valence electrons. The van der Waals surface area contributed by atoms with Gasteiger partial charge in [-0.2, -0.15) is 10.2 Å². The van der Waals surface area contributed by atoms with Gasteiger partial charge in [0.25, 0.3) is 0 Å². The van der Waals surface area contributed by atoms with Crippen LogP contribution in [0.5, 0.6) is 0 Å². The smallest absolute Gasteiger partial charge is 0.207 e. The van der Waals surface area contributed by atoms with Gasteiger partial charge in [-0.25, -0.2) is 14.6 Å². The topological polar surface area (TPSA) is 89.3 Å². The lowest BCUT2D eigenvalue weighted by Gasteiger charge is -2.07. The molecule has 0 spiro atoms. The Morgan fingerprint density at radius 3 is 2.88 bits per heavy atom. The molecular weight excluding hydrogens is 220 g/mol. The molecule has 0 atom stereocenters. The maximum Gasteiger partial charge on any atom is 0.207 e. The number of hydrogen-bond donors (Lipinski definition) is 1. The number of hydrogen-bond acceptors (Lipinski definition) is 5. The molecule has 0 aliphatic carbocycles. The van der Waals surface area contributed by atoms with Gasteiger partial charge >= 0.3 is 0 Å². The van der Waals surface area contributed by atoms with Crippen molar-refractivity contribution >= 4 is 5.78 Å². The first kappa shape index (κ1) is 11.4. The Kier molecular flexibility index (Phi) is 3.27. The summed E-state index contributed by atoms with van der Waals surface area (Å²) in [4.78, 5) is 19.7. The summed E-state index contributed by atoms with van der Waals surface area (Å²) in [5, 5.41) is 10.3. The van der Waals surface area contributed by atoms with Crippen LogP contribution in [0.3, 0.4) is 0 Å². The third kappa shape index (κ3) is 2.74. The minimum atomic E-state index is -0.138. The second kappa shape index (κ2) is 4.86. The summed E-state index contributed by atoms with van der Waals surface area (Å²) in [7, 11) is 0. The van der Waals surface area contributed by atoms with Crippen molar-refractivity contribution in [2.75, 3.05) is 0 Å². The monoisotopic (exact) mass is 234 g/mol. The minimum absolute atomic E-state index is 0.138. The van der Waals surface area contributed by atoms with E-state index in [9.17, 15) is 4.79 Å². The van der Waals surface area contributed by atoms with Crippen molar-refractivity contribution in [3.05, 3.63) is 24.3 Å². The van der Waals surface area contributed by atoms with Gasteiger partial charge in [0, 0.05) is 6.54 Å². The van der Waals surface area contributed by atoms with E-state index >= 15 is 0 Å². The minimum Gasteiger partial charge on any atom is -0.290 e. The predicted molar refractivity (Wildman–Crippen MR) is 59.3 cm³/mol. The molecule has 0 aliphatic rings. The molecule has 17 heavy (non-hydrogen) atoms. The highest BCUT2D eigenvalue weighted by Gasteiger charge is 2.14. The molecule has 0 aromatic carbocycles. The third-order valence-electron chi connectivity index (χ3n) is 2.23. The highest BCUT2D eigenvalue weighted by atomic mass is 16.1. The van der Waals surface area contributed by atoms with E-state index in [1.165, 1.54) is 12.7 Å². The van der Waals surface area contributed by atoms with E-state index in [0.717, 1.165) is 6.54 Å². The van der Waals surface area contributed by atoms with E-state index in [4.69, 9.17) is 0 Å². The number of H-pyrrole nitrogens is 1. The molecule has 0 amide bonds. The van der Waals surface area contributed by atoms with Crippen LogP contribution in [-0.4, -0.2) is 35.7 Å². The molecule has 2 heterocycles. The van der Waals surface area contributed by atoms with E-state index in [2.05, 4.69) is 39.1 Å². The summed E-state index contributed by atoms with van der Waals surface area (Å²) >= 11 is 0. The van der Waals surface area contributed by atoms with Crippen LogP contribution in [0.15, 0.2) is 12.7 Å². The van der Waals surface area contributed by atoms with Crippen molar-refractivity contribution < 1.29 is 4.79 Å².